The van der Waals surface area contributed by atoms with Gasteiger partial charge in [0.15, 0.2) is 0 Å². The first-order chi connectivity index (χ1) is 11.1. The van der Waals surface area contributed by atoms with Crippen LogP contribution in [0.15, 0.2) is 70.8 Å². The van der Waals surface area contributed by atoms with Gasteiger partial charge in [-0.1, -0.05) is 35.9 Å². The minimum Gasteiger partial charge on any atom is -0.256 e. The number of nitrogens with one attached hydrogen (secondary N) is 1. The van der Waals surface area contributed by atoms with E-state index in [0.717, 1.165) is 16.5 Å². The zero-order valence-corrected chi connectivity index (χ0v) is 13.4. The van der Waals surface area contributed by atoms with E-state index in [1.807, 2.05) is 30.3 Å². The fraction of sp³-hybridized carbons (Fsp3) is 0. The minimum atomic E-state index is -3.73. The molecule has 23 heavy (non-hydrogen) atoms. The summed E-state index contributed by atoms with van der Waals surface area (Å²) in [5.74, 6) is 0. The maximum absolute atomic E-state index is 12.1. The molecular weight excluding hydrogens is 334 g/mol. The van der Waals surface area contributed by atoms with E-state index in [1.54, 1.807) is 6.20 Å². The van der Waals surface area contributed by atoms with Crippen molar-refractivity contribution in [2.24, 2.45) is 5.10 Å². The van der Waals surface area contributed by atoms with Gasteiger partial charge < -0.3 is 0 Å². The Kier molecular flexibility index (Phi) is 4.27. The molecule has 116 valence electrons. The number of nitrogens with zero attached hydrogens (tertiary/aromatic N) is 2. The number of pyridine rings is 1. The summed E-state index contributed by atoms with van der Waals surface area (Å²) in [6, 6.07) is 15.2. The predicted octanol–water partition coefficient (Wildman–Crippen LogP) is 3.20. The van der Waals surface area contributed by atoms with Gasteiger partial charge in [0.2, 0.25) is 0 Å². The largest absolute Gasteiger partial charge is 0.276 e. The van der Waals surface area contributed by atoms with Gasteiger partial charge in [-0.25, -0.2) is 4.83 Å². The molecule has 1 aromatic heterocycles. The molecule has 0 aliphatic rings. The van der Waals surface area contributed by atoms with Crippen LogP contribution in [-0.2, 0) is 10.0 Å². The van der Waals surface area contributed by atoms with Crippen molar-refractivity contribution in [2.45, 2.75) is 4.90 Å². The summed E-state index contributed by atoms with van der Waals surface area (Å²) < 4.78 is 24.2. The third kappa shape index (κ3) is 3.49. The molecule has 0 radical (unpaired) electrons. The number of hydrogen-bond donors (Lipinski definition) is 1. The molecule has 0 spiro atoms. The number of fused-ring (bicyclic) bond motifs is 1. The lowest BCUT2D eigenvalue weighted by Gasteiger charge is -2.04. The van der Waals surface area contributed by atoms with Crippen LogP contribution in [0.3, 0.4) is 0 Å². The van der Waals surface area contributed by atoms with Gasteiger partial charge in [-0.15, -0.1) is 0 Å². The first-order valence-electron chi connectivity index (χ1n) is 6.70. The average Bonchev–Trinajstić information content (AvgIpc) is 2.55. The number of benzene rings is 2. The molecule has 1 N–H and O–H groups in total. The first kappa shape index (κ1) is 15.5. The summed E-state index contributed by atoms with van der Waals surface area (Å²) in [5.41, 5.74) is 1.48. The summed E-state index contributed by atoms with van der Waals surface area (Å²) in [7, 11) is -3.73. The van der Waals surface area contributed by atoms with Crippen LogP contribution in [0.2, 0.25) is 5.02 Å². The zero-order chi connectivity index (χ0) is 16.3. The summed E-state index contributed by atoms with van der Waals surface area (Å²) in [5, 5.41) is 5.25. The number of rotatable bonds is 4. The first-order valence-corrected chi connectivity index (χ1v) is 8.56. The van der Waals surface area contributed by atoms with Gasteiger partial charge in [0.1, 0.15) is 0 Å². The highest BCUT2D eigenvalue weighted by molar-refractivity contribution is 7.89. The molecule has 5 nitrogen and oxygen atoms in total. The molecule has 0 aliphatic carbocycles. The number of sulfonamides is 1. The predicted molar refractivity (Wildman–Crippen MR) is 91.1 cm³/mol. The van der Waals surface area contributed by atoms with Crippen LogP contribution in [0.5, 0.6) is 0 Å². The van der Waals surface area contributed by atoms with Crippen LogP contribution in [0, 0.1) is 0 Å². The highest BCUT2D eigenvalue weighted by Crippen LogP contribution is 2.15. The molecule has 1 heterocycles. The molecule has 0 bridgehead atoms. The van der Waals surface area contributed by atoms with Crippen LogP contribution >= 0.6 is 11.6 Å². The zero-order valence-electron chi connectivity index (χ0n) is 11.8. The number of halogens is 1. The van der Waals surface area contributed by atoms with E-state index in [-0.39, 0.29) is 4.90 Å². The molecule has 7 heteroatoms. The van der Waals surface area contributed by atoms with Crippen molar-refractivity contribution in [3.63, 3.8) is 0 Å². The molecule has 0 saturated carbocycles. The SMILES string of the molecule is O=S(=O)(N/N=C\c1cccc2cccnc12)c1ccc(Cl)cc1. The molecule has 3 aromatic rings. The van der Waals surface area contributed by atoms with Crippen molar-refractivity contribution < 1.29 is 8.42 Å². The molecule has 0 fully saturated rings. The average molecular weight is 346 g/mol. The van der Waals surface area contributed by atoms with Gasteiger partial charge >= 0.3 is 0 Å². The second kappa shape index (κ2) is 6.36. The van der Waals surface area contributed by atoms with E-state index < -0.39 is 10.0 Å². The lowest BCUT2D eigenvalue weighted by atomic mass is 10.1. The van der Waals surface area contributed by atoms with Gasteiger partial charge in [-0.05, 0) is 30.3 Å². The monoisotopic (exact) mass is 345 g/mol. The number of hydrogen-bond acceptors (Lipinski definition) is 4. The lowest BCUT2D eigenvalue weighted by molar-refractivity contribution is 0.584. The summed E-state index contributed by atoms with van der Waals surface area (Å²) in [4.78, 5) is 6.55. The van der Waals surface area contributed by atoms with E-state index in [9.17, 15) is 8.42 Å². The van der Waals surface area contributed by atoms with Crippen molar-refractivity contribution in [1.82, 2.24) is 9.82 Å². The summed E-state index contributed by atoms with van der Waals surface area (Å²) >= 11 is 5.75. The highest BCUT2D eigenvalue weighted by atomic mass is 35.5. The molecule has 0 saturated heterocycles. The Morgan fingerprint density at radius 1 is 1.04 bits per heavy atom. The van der Waals surface area contributed by atoms with Crippen LogP contribution in [0.1, 0.15) is 5.56 Å². The van der Waals surface area contributed by atoms with Gasteiger partial charge in [0.25, 0.3) is 10.0 Å². The Hall–Kier alpha value is -2.44. The van der Waals surface area contributed by atoms with Crippen LogP contribution < -0.4 is 4.83 Å². The quantitative estimate of drug-likeness (QED) is 0.583. The summed E-state index contributed by atoms with van der Waals surface area (Å²) in [6.07, 6.45) is 3.11. The van der Waals surface area contributed by atoms with E-state index >= 15 is 0 Å². The Balaban J connectivity index is 1.84. The standard InChI is InChI=1S/C16H12ClN3O2S/c17-14-6-8-15(9-7-14)23(21,22)20-19-11-13-4-1-3-12-5-2-10-18-16(12)13/h1-11,20H/b19-11-. The van der Waals surface area contributed by atoms with Gasteiger partial charge in [-0.3, -0.25) is 4.98 Å². The third-order valence-corrected chi connectivity index (χ3v) is 4.65. The van der Waals surface area contributed by atoms with Gasteiger partial charge in [-0.2, -0.15) is 13.5 Å². The molecule has 3 rings (SSSR count). The molecule has 0 atom stereocenters. The Morgan fingerprint density at radius 2 is 1.78 bits per heavy atom. The molecule has 0 amide bonds. The molecule has 2 aromatic carbocycles. The molecular formula is C16H12ClN3O2S. The van der Waals surface area contributed by atoms with Crippen molar-refractivity contribution in [3.05, 3.63) is 71.4 Å². The van der Waals surface area contributed by atoms with E-state index in [1.165, 1.54) is 30.5 Å². The van der Waals surface area contributed by atoms with Crippen LogP contribution in [0.4, 0.5) is 0 Å². The Bertz CT molecular complexity index is 965. The van der Waals surface area contributed by atoms with Crippen molar-refractivity contribution in [1.29, 1.82) is 0 Å². The Morgan fingerprint density at radius 3 is 2.57 bits per heavy atom. The van der Waals surface area contributed by atoms with Crippen LogP contribution in [0.25, 0.3) is 10.9 Å². The van der Waals surface area contributed by atoms with Crippen molar-refractivity contribution in [2.75, 3.05) is 0 Å². The lowest BCUT2D eigenvalue weighted by Crippen LogP contribution is -2.18. The third-order valence-electron chi connectivity index (χ3n) is 3.16. The van der Waals surface area contributed by atoms with Gasteiger partial charge in [0.05, 0.1) is 16.6 Å². The summed E-state index contributed by atoms with van der Waals surface area (Å²) in [6.45, 7) is 0. The number of para-hydroxylation sites is 1. The Labute approximate surface area is 138 Å². The minimum absolute atomic E-state index is 0.0927. The van der Waals surface area contributed by atoms with Gasteiger partial charge in [0, 0.05) is 22.2 Å². The normalized spacial score (nSPS) is 11.9. The fourth-order valence-corrected chi connectivity index (χ4v) is 2.98. The van der Waals surface area contributed by atoms with E-state index in [4.69, 9.17) is 11.6 Å². The number of hydrazone groups is 1. The topological polar surface area (TPSA) is 71.4 Å². The highest BCUT2D eigenvalue weighted by Gasteiger charge is 2.12. The van der Waals surface area contributed by atoms with E-state index in [2.05, 4.69) is 14.9 Å². The molecule has 0 unspecified atom stereocenters. The maximum Gasteiger partial charge on any atom is 0.276 e. The second-order valence-corrected chi connectivity index (χ2v) is 6.83. The smallest absolute Gasteiger partial charge is 0.256 e. The fourth-order valence-electron chi connectivity index (χ4n) is 2.06. The van der Waals surface area contributed by atoms with Crippen molar-refractivity contribution in [3.8, 4) is 0 Å². The number of aromatic nitrogens is 1. The van der Waals surface area contributed by atoms with Crippen LogP contribution in [-0.4, -0.2) is 19.6 Å². The van der Waals surface area contributed by atoms with Crippen molar-refractivity contribution >= 4 is 38.7 Å². The van der Waals surface area contributed by atoms with E-state index in [0.29, 0.717) is 5.02 Å². The maximum atomic E-state index is 12.1. The second-order valence-electron chi connectivity index (χ2n) is 4.73. The molecule has 0 aliphatic heterocycles.